The molecule has 2 heterocycles. The second-order valence-electron chi connectivity index (χ2n) is 3.10. The minimum Gasteiger partial charge on any atom is -0.301 e. The van der Waals surface area contributed by atoms with Gasteiger partial charge >= 0.3 is 0 Å². The van der Waals surface area contributed by atoms with Crippen molar-refractivity contribution in [2.24, 2.45) is 0 Å². The van der Waals surface area contributed by atoms with Crippen molar-refractivity contribution in [3.63, 3.8) is 0 Å². The average molecular weight is 203 g/mol. The summed E-state index contributed by atoms with van der Waals surface area (Å²) in [7, 11) is 2.14. The van der Waals surface area contributed by atoms with E-state index in [1.165, 1.54) is 10.6 Å². The topological polar surface area (TPSA) is 16.1 Å². The molecule has 0 saturated carbocycles. The molecule has 0 radical (unpaired) electrons. The van der Waals surface area contributed by atoms with Crippen LogP contribution in [0.15, 0.2) is 0 Å². The Bertz CT molecular complexity index is 285. The fraction of sp³-hybridized carbons (Fsp3) is 0.625. The molecule has 12 heavy (non-hydrogen) atoms. The number of fused-ring (bicyclic) bond motifs is 1. The quantitative estimate of drug-likeness (QED) is 0.647. The molecule has 0 atom stereocenters. The predicted octanol–water partition coefficient (Wildman–Crippen LogP) is 1.87. The molecule has 0 aromatic carbocycles. The van der Waals surface area contributed by atoms with Crippen LogP contribution in [-0.2, 0) is 18.8 Å². The van der Waals surface area contributed by atoms with E-state index in [2.05, 4.69) is 16.9 Å². The number of aromatic nitrogens is 1. The predicted molar refractivity (Wildman–Crippen MR) is 51.7 cm³/mol. The fourth-order valence-electron chi connectivity index (χ4n) is 1.43. The number of halogens is 1. The third-order valence-electron chi connectivity index (χ3n) is 2.08. The van der Waals surface area contributed by atoms with E-state index >= 15 is 0 Å². The third-order valence-corrected chi connectivity index (χ3v) is 3.57. The summed E-state index contributed by atoms with van der Waals surface area (Å²) >= 11 is 7.47. The van der Waals surface area contributed by atoms with Crippen LogP contribution in [0.25, 0.3) is 0 Å². The Kier molecular flexibility index (Phi) is 2.35. The molecular weight excluding hydrogens is 192 g/mol. The van der Waals surface area contributed by atoms with Crippen LogP contribution >= 0.6 is 22.9 Å². The second-order valence-corrected chi connectivity index (χ2v) is 4.53. The maximum absolute atomic E-state index is 5.72. The van der Waals surface area contributed by atoms with Crippen LogP contribution in [0.3, 0.4) is 0 Å². The van der Waals surface area contributed by atoms with E-state index in [0.29, 0.717) is 5.88 Å². The van der Waals surface area contributed by atoms with Gasteiger partial charge in [-0.3, -0.25) is 0 Å². The first kappa shape index (κ1) is 8.48. The Labute approximate surface area is 81.2 Å². The molecule has 1 aromatic heterocycles. The van der Waals surface area contributed by atoms with Gasteiger partial charge in [0, 0.05) is 24.4 Å². The average Bonchev–Trinajstić information content (AvgIpc) is 2.46. The molecule has 0 bridgehead atoms. The Balaban J connectivity index is 2.28. The molecule has 0 spiro atoms. The van der Waals surface area contributed by atoms with Crippen LogP contribution in [0.2, 0.25) is 0 Å². The van der Waals surface area contributed by atoms with Crippen LogP contribution in [0.5, 0.6) is 0 Å². The summed E-state index contributed by atoms with van der Waals surface area (Å²) in [5, 5.41) is 1.07. The van der Waals surface area contributed by atoms with Gasteiger partial charge in [-0.2, -0.15) is 0 Å². The second kappa shape index (κ2) is 3.32. The van der Waals surface area contributed by atoms with Gasteiger partial charge < -0.3 is 4.90 Å². The molecule has 66 valence electrons. The summed E-state index contributed by atoms with van der Waals surface area (Å²) in [6.07, 6.45) is 1.08. The summed E-state index contributed by atoms with van der Waals surface area (Å²) in [6, 6.07) is 0. The Hall–Kier alpha value is -0.120. The van der Waals surface area contributed by atoms with Crippen molar-refractivity contribution in [3.8, 4) is 0 Å². The van der Waals surface area contributed by atoms with Crippen LogP contribution < -0.4 is 0 Å². The molecule has 0 unspecified atom stereocenters. The van der Waals surface area contributed by atoms with Crippen LogP contribution in [0, 0.1) is 0 Å². The minimum absolute atomic E-state index is 0.557. The van der Waals surface area contributed by atoms with E-state index in [1.54, 1.807) is 11.3 Å². The molecule has 1 aliphatic rings. The van der Waals surface area contributed by atoms with E-state index < -0.39 is 0 Å². The lowest BCUT2D eigenvalue weighted by atomic mass is 10.2. The largest absolute Gasteiger partial charge is 0.301 e. The van der Waals surface area contributed by atoms with E-state index in [0.717, 1.165) is 24.5 Å². The fourth-order valence-corrected chi connectivity index (χ4v) is 2.70. The number of alkyl halides is 1. The molecule has 1 aromatic rings. The lowest BCUT2D eigenvalue weighted by Gasteiger charge is -2.20. The molecule has 2 rings (SSSR count). The molecule has 0 N–H and O–H groups in total. The monoisotopic (exact) mass is 202 g/mol. The smallest absolute Gasteiger partial charge is 0.108 e. The lowest BCUT2D eigenvalue weighted by Crippen LogP contribution is -2.25. The highest BCUT2D eigenvalue weighted by atomic mass is 35.5. The zero-order valence-electron chi connectivity index (χ0n) is 7.01. The Morgan fingerprint density at radius 2 is 2.50 bits per heavy atom. The number of thiazole rings is 1. The number of likely N-dealkylation sites (N-methyl/N-ethyl adjacent to an activating group) is 1. The van der Waals surface area contributed by atoms with Gasteiger partial charge in [0.15, 0.2) is 0 Å². The van der Waals surface area contributed by atoms with Gasteiger partial charge in [-0.1, -0.05) is 0 Å². The SMILES string of the molecule is CN1CCc2nc(CCl)sc2C1. The number of nitrogens with zero attached hydrogens (tertiary/aromatic N) is 2. The number of rotatable bonds is 1. The van der Waals surface area contributed by atoms with Gasteiger partial charge in [0.1, 0.15) is 5.01 Å². The maximum Gasteiger partial charge on any atom is 0.108 e. The van der Waals surface area contributed by atoms with Crippen molar-refractivity contribution in [1.82, 2.24) is 9.88 Å². The molecule has 0 fully saturated rings. The highest BCUT2D eigenvalue weighted by Crippen LogP contribution is 2.24. The summed E-state index contributed by atoms with van der Waals surface area (Å²) in [5.41, 5.74) is 1.27. The molecular formula is C8H11ClN2S. The third kappa shape index (κ3) is 1.49. The van der Waals surface area contributed by atoms with Crippen LogP contribution in [0.4, 0.5) is 0 Å². The van der Waals surface area contributed by atoms with E-state index in [1.807, 2.05) is 0 Å². The first-order valence-corrected chi connectivity index (χ1v) is 5.36. The van der Waals surface area contributed by atoms with Crippen molar-refractivity contribution in [2.45, 2.75) is 18.8 Å². The van der Waals surface area contributed by atoms with E-state index in [4.69, 9.17) is 11.6 Å². The van der Waals surface area contributed by atoms with E-state index in [-0.39, 0.29) is 0 Å². The Morgan fingerprint density at radius 1 is 1.67 bits per heavy atom. The van der Waals surface area contributed by atoms with Crippen molar-refractivity contribution in [3.05, 3.63) is 15.6 Å². The minimum atomic E-state index is 0.557. The molecule has 0 amide bonds. The van der Waals surface area contributed by atoms with Gasteiger partial charge in [0.25, 0.3) is 0 Å². The van der Waals surface area contributed by atoms with Crippen LogP contribution in [-0.4, -0.2) is 23.5 Å². The maximum atomic E-state index is 5.72. The summed E-state index contributed by atoms with van der Waals surface area (Å²) in [6.45, 7) is 2.17. The molecule has 2 nitrogen and oxygen atoms in total. The normalized spacial score (nSPS) is 17.8. The highest BCUT2D eigenvalue weighted by Gasteiger charge is 2.17. The zero-order valence-corrected chi connectivity index (χ0v) is 8.58. The first-order chi connectivity index (χ1) is 5.79. The lowest BCUT2D eigenvalue weighted by molar-refractivity contribution is 0.314. The molecule has 1 aliphatic heterocycles. The first-order valence-electron chi connectivity index (χ1n) is 4.01. The van der Waals surface area contributed by atoms with Gasteiger partial charge in [-0.05, 0) is 7.05 Å². The van der Waals surface area contributed by atoms with Crippen molar-refractivity contribution < 1.29 is 0 Å². The van der Waals surface area contributed by atoms with Gasteiger partial charge in [0.2, 0.25) is 0 Å². The zero-order chi connectivity index (χ0) is 8.55. The summed E-state index contributed by atoms with van der Waals surface area (Å²) in [4.78, 5) is 8.18. The number of hydrogen-bond donors (Lipinski definition) is 0. The summed E-state index contributed by atoms with van der Waals surface area (Å²) in [5.74, 6) is 0.557. The standard InChI is InChI=1S/C8H11ClN2S/c1-11-3-2-6-7(5-11)12-8(4-9)10-6/h2-5H2,1H3. The van der Waals surface area contributed by atoms with Gasteiger partial charge in [-0.15, -0.1) is 22.9 Å². The van der Waals surface area contributed by atoms with Crippen LogP contribution in [0.1, 0.15) is 15.6 Å². The van der Waals surface area contributed by atoms with Crippen molar-refractivity contribution >= 4 is 22.9 Å². The highest BCUT2D eigenvalue weighted by molar-refractivity contribution is 7.11. The summed E-state index contributed by atoms with van der Waals surface area (Å²) < 4.78 is 0. The molecule has 0 saturated heterocycles. The van der Waals surface area contributed by atoms with Crippen molar-refractivity contribution in [1.29, 1.82) is 0 Å². The van der Waals surface area contributed by atoms with Gasteiger partial charge in [0.05, 0.1) is 11.6 Å². The molecule has 0 aliphatic carbocycles. The Morgan fingerprint density at radius 3 is 3.25 bits per heavy atom. The van der Waals surface area contributed by atoms with E-state index in [9.17, 15) is 0 Å². The molecule has 4 heteroatoms. The number of hydrogen-bond acceptors (Lipinski definition) is 3. The van der Waals surface area contributed by atoms with Crippen molar-refractivity contribution in [2.75, 3.05) is 13.6 Å². The van der Waals surface area contributed by atoms with Gasteiger partial charge in [-0.25, -0.2) is 4.98 Å².